The van der Waals surface area contributed by atoms with Gasteiger partial charge < -0.3 is 5.11 Å². The molecule has 0 aliphatic carbocycles. The summed E-state index contributed by atoms with van der Waals surface area (Å²) in [6, 6.07) is 4.51. The third-order valence-corrected chi connectivity index (χ3v) is 2.92. The Bertz CT molecular complexity index is 341. The molecule has 1 aromatic carbocycles. The molecule has 2 nitrogen and oxygen atoms in total. The predicted octanol–water partition coefficient (Wildman–Crippen LogP) is 3.15. The fraction of sp³-hybridized carbons (Fsp3) is 0.538. The SMILES string of the molecule is CCCC(C)N(C)Cc1cc(F)ccc1O. The molecule has 0 amide bonds. The minimum Gasteiger partial charge on any atom is -0.508 e. The Labute approximate surface area is 96.7 Å². The molecular weight excluding hydrogens is 205 g/mol. The maximum absolute atomic E-state index is 13.0. The minimum atomic E-state index is -0.302. The Balaban J connectivity index is 2.68. The molecule has 0 aromatic heterocycles. The van der Waals surface area contributed by atoms with E-state index in [0.717, 1.165) is 12.8 Å². The number of hydrogen-bond donors (Lipinski definition) is 1. The fourth-order valence-electron chi connectivity index (χ4n) is 1.74. The van der Waals surface area contributed by atoms with E-state index >= 15 is 0 Å². The normalized spacial score (nSPS) is 13.1. The predicted molar refractivity (Wildman–Crippen MR) is 63.9 cm³/mol. The van der Waals surface area contributed by atoms with Gasteiger partial charge in [-0.25, -0.2) is 4.39 Å². The number of benzene rings is 1. The van der Waals surface area contributed by atoms with Gasteiger partial charge in [-0.2, -0.15) is 0 Å². The topological polar surface area (TPSA) is 23.5 Å². The van der Waals surface area contributed by atoms with Crippen molar-refractivity contribution in [3.63, 3.8) is 0 Å². The fourth-order valence-corrected chi connectivity index (χ4v) is 1.74. The highest BCUT2D eigenvalue weighted by atomic mass is 19.1. The summed E-state index contributed by atoms with van der Waals surface area (Å²) in [6.45, 7) is 4.86. The van der Waals surface area contributed by atoms with Gasteiger partial charge in [-0.3, -0.25) is 4.90 Å². The Morgan fingerprint density at radius 2 is 2.12 bits per heavy atom. The van der Waals surface area contributed by atoms with Crippen molar-refractivity contribution in [2.24, 2.45) is 0 Å². The molecule has 0 bridgehead atoms. The van der Waals surface area contributed by atoms with Crippen molar-refractivity contribution >= 4 is 0 Å². The molecule has 0 saturated heterocycles. The maximum atomic E-state index is 13.0. The van der Waals surface area contributed by atoms with Crippen molar-refractivity contribution in [2.75, 3.05) is 7.05 Å². The summed E-state index contributed by atoms with van der Waals surface area (Å²) in [5.41, 5.74) is 0.644. The first-order chi connectivity index (χ1) is 7.54. The van der Waals surface area contributed by atoms with Crippen molar-refractivity contribution in [3.05, 3.63) is 29.6 Å². The lowest BCUT2D eigenvalue weighted by Crippen LogP contribution is -2.28. The van der Waals surface area contributed by atoms with Gasteiger partial charge in [0, 0.05) is 18.2 Å². The lowest BCUT2D eigenvalue weighted by molar-refractivity contribution is 0.234. The van der Waals surface area contributed by atoms with Gasteiger partial charge in [0.25, 0.3) is 0 Å². The third kappa shape index (κ3) is 3.49. The second kappa shape index (κ2) is 5.85. The molecule has 0 radical (unpaired) electrons. The van der Waals surface area contributed by atoms with Crippen LogP contribution in [0.25, 0.3) is 0 Å². The van der Waals surface area contributed by atoms with E-state index in [9.17, 15) is 9.50 Å². The summed E-state index contributed by atoms with van der Waals surface area (Å²) in [7, 11) is 1.99. The first-order valence-electron chi connectivity index (χ1n) is 5.72. The van der Waals surface area contributed by atoms with Gasteiger partial charge in [0.15, 0.2) is 0 Å². The van der Waals surface area contributed by atoms with Crippen LogP contribution in [0.1, 0.15) is 32.3 Å². The molecule has 0 aliphatic rings. The highest BCUT2D eigenvalue weighted by Gasteiger charge is 2.11. The molecular formula is C13H20FNO. The lowest BCUT2D eigenvalue weighted by atomic mass is 10.1. The van der Waals surface area contributed by atoms with Crippen LogP contribution in [-0.4, -0.2) is 23.1 Å². The van der Waals surface area contributed by atoms with E-state index in [-0.39, 0.29) is 11.6 Å². The van der Waals surface area contributed by atoms with Crippen LogP contribution in [0.4, 0.5) is 4.39 Å². The van der Waals surface area contributed by atoms with E-state index in [4.69, 9.17) is 0 Å². The van der Waals surface area contributed by atoms with Gasteiger partial charge in [0.05, 0.1) is 0 Å². The standard InChI is InChI=1S/C13H20FNO/c1-4-5-10(2)15(3)9-11-8-12(14)6-7-13(11)16/h6-8,10,16H,4-5,9H2,1-3H3. The smallest absolute Gasteiger partial charge is 0.123 e. The summed E-state index contributed by atoms with van der Waals surface area (Å²) in [5.74, 6) is -0.138. The number of nitrogens with zero attached hydrogens (tertiary/aromatic N) is 1. The molecule has 16 heavy (non-hydrogen) atoms. The van der Waals surface area contributed by atoms with Crippen LogP contribution in [0, 0.1) is 5.82 Å². The molecule has 0 spiro atoms. The number of phenols is 1. The van der Waals surface area contributed by atoms with E-state index in [2.05, 4.69) is 18.7 Å². The zero-order valence-electron chi connectivity index (χ0n) is 10.2. The molecule has 3 heteroatoms. The van der Waals surface area contributed by atoms with Crippen LogP contribution in [0.5, 0.6) is 5.75 Å². The zero-order chi connectivity index (χ0) is 12.1. The Morgan fingerprint density at radius 3 is 2.75 bits per heavy atom. The highest BCUT2D eigenvalue weighted by Crippen LogP contribution is 2.20. The van der Waals surface area contributed by atoms with E-state index in [1.54, 1.807) is 0 Å². The monoisotopic (exact) mass is 225 g/mol. The van der Waals surface area contributed by atoms with E-state index in [1.807, 2.05) is 7.05 Å². The zero-order valence-corrected chi connectivity index (χ0v) is 10.2. The first-order valence-corrected chi connectivity index (χ1v) is 5.72. The summed E-state index contributed by atoms with van der Waals surface area (Å²) in [6.07, 6.45) is 2.23. The molecule has 90 valence electrons. The van der Waals surface area contributed by atoms with Crippen molar-refractivity contribution in [1.82, 2.24) is 4.90 Å². The summed E-state index contributed by atoms with van der Waals surface area (Å²) in [5, 5.41) is 9.60. The average Bonchev–Trinajstić information content (AvgIpc) is 2.23. The van der Waals surface area contributed by atoms with Crippen molar-refractivity contribution in [3.8, 4) is 5.75 Å². The second-order valence-corrected chi connectivity index (χ2v) is 4.33. The highest BCUT2D eigenvalue weighted by molar-refractivity contribution is 5.32. The van der Waals surface area contributed by atoms with Gasteiger partial charge in [0.1, 0.15) is 11.6 Å². The molecule has 1 unspecified atom stereocenters. The van der Waals surface area contributed by atoms with Gasteiger partial charge in [0.2, 0.25) is 0 Å². The van der Waals surface area contributed by atoms with Gasteiger partial charge in [-0.05, 0) is 38.6 Å². The largest absolute Gasteiger partial charge is 0.508 e. The molecule has 0 heterocycles. The average molecular weight is 225 g/mol. The molecule has 1 aromatic rings. The van der Waals surface area contributed by atoms with E-state index in [1.165, 1.54) is 18.2 Å². The van der Waals surface area contributed by atoms with Crippen LogP contribution in [0.2, 0.25) is 0 Å². The van der Waals surface area contributed by atoms with Crippen molar-refractivity contribution in [2.45, 2.75) is 39.3 Å². The van der Waals surface area contributed by atoms with E-state index < -0.39 is 0 Å². The number of rotatable bonds is 5. The quantitative estimate of drug-likeness (QED) is 0.832. The molecule has 0 saturated carbocycles. The molecule has 1 atom stereocenters. The Morgan fingerprint density at radius 1 is 1.44 bits per heavy atom. The van der Waals surface area contributed by atoms with Crippen LogP contribution in [0.15, 0.2) is 18.2 Å². The van der Waals surface area contributed by atoms with Crippen molar-refractivity contribution < 1.29 is 9.50 Å². The maximum Gasteiger partial charge on any atom is 0.123 e. The third-order valence-electron chi connectivity index (χ3n) is 2.92. The van der Waals surface area contributed by atoms with Gasteiger partial charge in [-0.1, -0.05) is 13.3 Å². The van der Waals surface area contributed by atoms with Crippen LogP contribution in [-0.2, 0) is 6.54 Å². The van der Waals surface area contributed by atoms with Gasteiger partial charge >= 0.3 is 0 Å². The van der Waals surface area contributed by atoms with Crippen LogP contribution >= 0.6 is 0 Å². The minimum absolute atomic E-state index is 0.164. The van der Waals surface area contributed by atoms with Crippen LogP contribution < -0.4 is 0 Å². The van der Waals surface area contributed by atoms with Crippen LogP contribution in [0.3, 0.4) is 0 Å². The Hall–Kier alpha value is -1.09. The summed E-state index contributed by atoms with van der Waals surface area (Å²) < 4.78 is 13.0. The number of aromatic hydroxyl groups is 1. The van der Waals surface area contributed by atoms with E-state index in [0.29, 0.717) is 18.2 Å². The van der Waals surface area contributed by atoms with Gasteiger partial charge in [-0.15, -0.1) is 0 Å². The molecule has 1 rings (SSSR count). The number of halogens is 1. The molecule has 0 fully saturated rings. The molecule has 0 aliphatic heterocycles. The number of hydrogen-bond acceptors (Lipinski definition) is 2. The lowest BCUT2D eigenvalue weighted by Gasteiger charge is -2.24. The number of phenolic OH excluding ortho intramolecular Hbond substituents is 1. The second-order valence-electron chi connectivity index (χ2n) is 4.33. The first kappa shape index (κ1) is 13.0. The summed E-state index contributed by atoms with van der Waals surface area (Å²) in [4.78, 5) is 2.12. The molecule has 1 N–H and O–H groups in total. The summed E-state index contributed by atoms with van der Waals surface area (Å²) >= 11 is 0. The van der Waals surface area contributed by atoms with Crippen molar-refractivity contribution in [1.29, 1.82) is 0 Å². The Kier molecular flexibility index (Phi) is 4.74.